The topological polar surface area (TPSA) is 76.0 Å². The second-order valence-electron chi connectivity index (χ2n) is 6.55. The van der Waals surface area contributed by atoms with Gasteiger partial charge >= 0.3 is 6.09 Å². The average Bonchev–Trinajstić information content (AvgIpc) is 3.03. The lowest BCUT2D eigenvalue weighted by Gasteiger charge is -2.36. The summed E-state index contributed by atoms with van der Waals surface area (Å²) >= 11 is 5.25. The first-order chi connectivity index (χ1) is 11.3. The number of nitrogens with one attached hydrogen (secondary N) is 2. The van der Waals surface area contributed by atoms with E-state index in [2.05, 4.69) is 10.6 Å². The van der Waals surface area contributed by atoms with E-state index < -0.39 is 5.60 Å². The molecular formula is C16H25N3O4S. The van der Waals surface area contributed by atoms with Crippen LogP contribution in [0.25, 0.3) is 0 Å². The zero-order chi connectivity index (χ0) is 17.6. The van der Waals surface area contributed by atoms with Crippen LogP contribution in [0.15, 0.2) is 22.8 Å². The van der Waals surface area contributed by atoms with Gasteiger partial charge in [0, 0.05) is 13.1 Å². The molecule has 0 aromatic carbocycles. The van der Waals surface area contributed by atoms with Crippen LogP contribution in [-0.4, -0.2) is 54.1 Å². The molecule has 0 aliphatic carbocycles. The van der Waals surface area contributed by atoms with Crippen molar-refractivity contribution in [1.82, 2.24) is 15.5 Å². The monoisotopic (exact) mass is 355 g/mol. The van der Waals surface area contributed by atoms with Crippen LogP contribution in [0.2, 0.25) is 0 Å². The molecule has 24 heavy (non-hydrogen) atoms. The summed E-state index contributed by atoms with van der Waals surface area (Å²) in [6.07, 6.45) is 1.29. The lowest BCUT2D eigenvalue weighted by atomic mass is 10.2. The standard InChI is InChI=1S/C16H25N3O4S/c1-16(2,3)23-15(20)19-6-8-21-11-12(19)9-17-14(24)18-10-13-5-4-7-22-13/h4-5,7,12H,6,8-11H2,1-3H3,(H2,17,18,24)/t12-/m1/s1. The number of hydrogen-bond donors (Lipinski definition) is 2. The van der Waals surface area contributed by atoms with Gasteiger partial charge in [0.1, 0.15) is 11.4 Å². The van der Waals surface area contributed by atoms with Crippen LogP contribution >= 0.6 is 12.2 Å². The summed E-state index contributed by atoms with van der Waals surface area (Å²) in [6, 6.07) is 3.57. The van der Waals surface area contributed by atoms with Crippen LogP contribution in [0.3, 0.4) is 0 Å². The zero-order valence-corrected chi connectivity index (χ0v) is 15.1. The lowest BCUT2D eigenvalue weighted by molar-refractivity contribution is -0.0308. The summed E-state index contributed by atoms with van der Waals surface area (Å²) in [4.78, 5) is 14.0. The average molecular weight is 355 g/mol. The molecule has 1 fully saturated rings. The Morgan fingerprint density at radius 1 is 1.46 bits per heavy atom. The van der Waals surface area contributed by atoms with Crippen LogP contribution < -0.4 is 10.6 Å². The number of morpholine rings is 1. The minimum atomic E-state index is -0.521. The van der Waals surface area contributed by atoms with Gasteiger partial charge in [-0.15, -0.1) is 0 Å². The molecule has 2 rings (SSSR count). The zero-order valence-electron chi connectivity index (χ0n) is 14.3. The molecule has 8 heteroatoms. The number of thiocarbonyl (C=S) groups is 1. The van der Waals surface area contributed by atoms with Gasteiger partial charge < -0.3 is 24.5 Å². The molecule has 0 bridgehead atoms. The van der Waals surface area contributed by atoms with Crippen molar-refractivity contribution in [2.24, 2.45) is 0 Å². The van der Waals surface area contributed by atoms with Gasteiger partial charge in [-0.1, -0.05) is 0 Å². The minimum Gasteiger partial charge on any atom is -0.467 e. The lowest BCUT2D eigenvalue weighted by Crippen LogP contribution is -2.55. The van der Waals surface area contributed by atoms with Crippen LogP contribution in [-0.2, 0) is 16.0 Å². The van der Waals surface area contributed by atoms with Crippen molar-refractivity contribution < 1.29 is 18.7 Å². The summed E-state index contributed by atoms with van der Waals surface area (Å²) in [5.41, 5.74) is -0.521. The first kappa shape index (κ1) is 18.5. The summed E-state index contributed by atoms with van der Waals surface area (Å²) in [5, 5.41) is 6.67. The van der Waals surface area contributed by atoms with Crippen molar-refractivity contribution in [3.63, 3.8) is 0 Å². The van der Waals surface area contributed by atoms with E-state index in [9.17, 15) is 4.79 Å². The maximum atomic E-state index is 12.3. The molecule has 0 radical (unpaired) electrons. The van der Waals surface area contributed by atoms with Crippen molar-refractivity contribution >= 4 is 23.4 Å². The second-order valence-corrected chi connectivity index (χ2v) is 6.95. The predicted octanol–water partition coefficient (Wildman–Crippen LogP) is 1.88. The van der Waals surface area contributed by atoms with Crippen molar-refractivity contribution in [3.05, 3.63) is 24.2 Å². The number of carbonyl (C=O) groups excluding carboxylic acids is 1. The van der Waals surface area contributed by atoms with Crippen molar-refractivity contribution in [3.8, 4) is 0 Å². The third-order valence-electron chi connectivity index (χ3n) is 3.36. The fourth-order valence-electron chi connectivity index (χ4n) is 2.24. The molecule has 1 aromatic heterocycles. The Bertz CT molecular complexity index is 542. The maximum Gasteiger partial charge on any atom is 0.410 e. The van der Waals surface area contributed by atoms with Gasteiger partial charge in [0.05, 0.1) is 32.1 Å². The molecule has 0 unspecified atom stereocenters. The van der Waals surface area contributed by atoms with Gasteiger partial charge in [0.25, 0.3) is 0 Å². The summed E-state index contributed by atoms with van der Waals surface area (Å²) in [6.45, 7) is 8.03. The quantitative estimate of drug-likeness (QED) is 0.799. The van der Waals surface area contributed by atoms with Gasteiger partial charge in [0.2, 0.25) is 0 Å². The van der Waals surface area contributed by atoms with Crippen LogP contribution in [0.1, 0.15) is 26.5 Å². The molecule has 0 spiro atoms. The Morgan fingerprint density at radius 3 is 2.92 bits per heavy atom. The summed E-state index contributed by atoms with van der Waals surface area (Å²) in [7, 11) is 0. The third-order valence-corrected chi connectivity index (χ3v) is 3.65. The van der Waals surface area contributed by atoms with E-state index in [1.54, 1.807) is 11.2 Å². The molecule has 134 valence electrons. The van der Waals surface area contributed by atoms with E-state index in [1.165, 1.54) is 0 Å². The summed E-state index contributed by atoms with van der Waals surface area (Å²) in [5.74, 6) is 0.801. The molecule has 1 aliphatic rings. The molecule has 1 atom stereocenters. The molecule has 1 aliphatic heterocycles. The molecule has 0 saturated carbocycles. The normalized spacial score (nSPS) is 18.1. The number of carbonyl (C=O) groups is 1. The van der Waals surface area contributed by atoms with Crippen molar-refractivity contribution in [1.29, 1.82) is 0 Å². The van der Waals surface area contributed by atoms with Crippen LogP contribution in [0.4, 0.5) is 4.79 Å². The predicted molar refractivity (Wildman–Crippen MR) is 93.7 cm³/mol. The minimum absolute atomic E-state index is 0.128. The van der Waals surface area contributed by atoms with Gasteiger partial charge in [-0.3, -0.25) is 4.90 Å². The highest BCUT2D eigenvalue weighted by molar-refractivity contribution is 7.80. The fourth-order valence-corrected chi connectivity index (χ4v) is 2.39. The summed E-state index contributed by atoms with van der Waals surface area (Å²) < 4.78 is 16.2. The molecule has 2 heterocycles. The smallest absolute Gasteiger partial charge is 0.410 e. The number of hydrogen-bond acceptors (Lipinski definition) is 5. The number of ether oxygens (including phenoxy) is 2. The molecule has 1 saturated heterocycles. The number of rotatable bonds is 4. The Labute approximate surface area is 147 Å². The van der Waals surface area contributed by atoms with Crippen LogP contribution in [0, 0.1) is 0 Å². The van der Waals surface area contributed by atoms with Crippen molar-refractivity contribution in [2.75, 3.05) is 26.3 Å². The maximum absolute atomic E-state index is 12.3. The van der Waals surface area contributed by atoms with E-state index in [4.69, 9.17) is 26.1 Å². The fraction of sp³-hybridized carbons (Fsp3) is 0.625. The Hall–Kier alpha value is -1.80. The Balaban J connectivity index is 1.80. The first-order valence-corrected chi connectivity index (χ1v) is 8.37. The Kier molecular flexibility index (Phi) is 6.44. The Morgan fingerprint density at radius 2 is 2.25 bits per heavy atom. The number of furan rings is 1. The molecule has 7 nitrogen and oxygen atoms in total. The highest BCUT2D eigenvalue weighted by atomic mass is 32.1. The van der Waals surface area contributed by atoms with E-state index >= 15 is 0 Å². The van der Waals surface area contributed by atoms with E-state index in [0.717, 1.165) is 5.76 Å². The highest BCUT2D eigenvalue weighted by Gasteiger charge is 2.30. The second kappa shape index (κ2) is 8.34. The number of nitrogens with zero attached hydrogens (tertiary/aromatic N) is 1. The highest BCUT2D eigenvalue weighted by Crippen LogP contribution is 2.14. The molecule has 1 aromatic rings. The number of amides is 1. The first-order valence-electron chi connectivity index (χ1n) is 7.96. The van der Waals surface area contributed by atoms with Gasteiger partial charge in [0.15, 0.2) is 5.11 Å². The van der Waals surface area contributed by atoms with Gasteiger partial charge in [-0.05, 0) is 45.1 Å². The molecule has 1 amide bonds. The van der Waals surface area contributed by atoms with E-state index in [1.807, 2.05) is 32.9 Å². The SMILES string of the molecule is CC(C)(C)OC(=O)N1CCOC[C@H]1CNC(=S)NCc1ccco1. The van der Waals surface area contributed by atoms with Crippen LogP contribution in [0.5, 0.6) is 0 Å². The third kappa shape index (κ3) is 6.01. The largest absolute Gasteiger partial charge is 0.467 e. The molecular weight excluding hydrogens is 330 g/mol. The van der Waals surface area contributed by atoms with E-state index in [-0.39, 0.29) is 12.1 Å². The van der Waals surface area contributed by atoms with Gasteiger partial charge in [-0.25, -0.2) is 4.79 Å². The van der Waals surface area contributed by atoms with E-state index in [0.29, 0.717) is 38.0 Å². The van der Waals surface area contributed by atoms with Gasteiger partial charge in [-0.2, -0.15) is 0 Å². The van der Waals surface area contributed by atoms with Crippen molar-refractivity contribution in [2.45, 2.75) is 39.0 Å². The molecule has 2 N–H and O–H groups in total.